The Morgan fingerprint density at radius 3 is 2.47 bits per heavy atom. The van der Waals surface area contributed by atoms with E-state index in [0.717, 1.165) is 24.4 Å². The van der Waals surface area contributed by atoms with Crippen molar-refractivity contribution in [3.8, 4) is 5.75 Å². The Kier molecular flexibility index (Phi) is 9.06. The molecule has 2 aromatic rings. The van der Waals surface area contributed by atoms with Crippen molar-refractivity contribution in [2.45, 2.75) is 31.6 Å². The lowest BCUT2D eigenvalue weighted by Gasteiger charge is -2.34. The number of amides is 1. The third-order valence-corrected chi connectivity index (χ3v) is 4.71. The normalized spacial score (nSPS) is 15.6. The van der Waals surface area contributed by atoms with Gasteiger partial charge in [-0.05, 0) is 45.3 Å². The monoisotopic (exact) mass is 456 g/mol. The molecule has 1 unspecified atom stereocenters. The van der Waals surface area contributed by atoms with Crippen LogP contribution in [0.3, 0.4) is 0 Å². The fraction of sp³-hybridized carbons (Fsp3) is 0.476. The van der Waals surface area contributed by atoms with Crippen LogP contribution < -0.4 is 4.74 Å². The number of carbonyl (C=O) groups is 2. The van der Waals surface area contributed by atoms with Gasteiger partial charge >= 0.3 is 12.1 Å². The smallest absolute Gasteiger partial charge is 0.490 e. The maximum absolute atomic E-state index is 12.6. The third kappa shape index (κ3) is 7.88. The number of aromatic nitrogens is 2. The van der Waals surface area contributed by atoms with Gasteiger partial charge in [0.25, 0.3) is 0 Å². The molecule has 0 aliphatic carbocycles. The molecule has 0 saturated heterocycles. The third-order valence-electron chi connectivity index (χ3n) is 4.71. The summed E-state index contributed by atoms with van der Waals surface area (Å²) in [6, 6.07) is 11.9. The first-order chi connectivity index (χ1) is 15.1. The van der Waals surface area contributed by atoms with Crippen LogP contribution in [0, 0.1) is 0 Å². The van der Waals surface area contributed by atoms with Gasteiger partial charge in [0.05, 0.1) is 31.3 Å². The van der Waals surface area contributed by atoms with Crippen LogP contribution in [0.15, 0.2) is 42.6 Å². The van der Waals surface area contributed by atoms with Crippen molar-refractivity contribution in [3.05, 3.63) is 48.3 Å². The van der Waals surface area contributed by atoms with Gasteiger partial charge in [0.1, 0.15) is 5.75 Å². The van der Waals surface area contributed by atoms with Crippen LogP contribution in [-0.4, -0.2) is 76.5 Å². The van der Waals surface area contributed by atoms with Crippen molar-refractivity contribution in [1.29, 1.82) is 0 Å². The minimum absolute atomic E-state index is 0.137. The molecule has 1 atom stereocenters. The number of alkyl halides is 3. The number of benzene rings is 1. The number of hydrogen-bond acceptors (Lipinski definition) is 5. The molecule has 176 valence electrons. The van der Waals surface area contributed by atoms with Crippen LogP contribution in [-0.2, 0) is 16.1 Å². The Morgan fingerprint density at radius 2 is 1.88 bits per heavy atom. The zero-order chi connectivity index (χ0) is 23.7. The van der Waals surface area contributed by atoms with E-state index in [1.807, 2.05) is 47.5 Å². The maximum atomic E-state index is 12.6. The predicted molar refractivity (Wildman–Crippen MR) is 110 cm³/mol. The Labute approximate surface area is 184 Å². The highest BCUT2D eigenvalue weighted by Gasteiger charge is 2.38. The standard InChI is InChI=1S/C19H26N4O2.C2HF3O2/c1-21(2)12-9-17-15-22(14-16-8-11-20-23(16)17)19(24)10-13-25-18-6-4-3-5-7-18;3-2(4,5)1(6)7/h3-8,11,17H,9-10,12-15H2,1-2H3;(H,6,7). The average molecular weight is 456 g/mol. The molecule has 1 aromatic carbocycles. The van der Waals surface area contributed by atoms with Gasteiger partial charge in [-0.3, -0.25) is 9.48 Å². The summed E-state index contributed by atoms with van der Waals surface area (Å²) < 4.78 is 39.5. The summed E-state index contributed by atoms with van der Waals surface area (Å²) >= 11 is 0. The molecule has 2 heterocycles. The summed E-state index contributed by atoms with van der Waals surface area (Å²) in [5, 5.41) is 11.6. The van der Waals surface area contributed by atoms with Crippen molar-refractivity contribution in [3.63, 3.8) is 0 Å². The molecule has 0 bridgehead atoms. The predicted octanol–water partition coefficient (Wildman–Crippen LogP) is 2.82. The van der Waals surface area contributed by atoms with Gasteiger partial charge < -0.3 is 19.6 Å². The Morgan fingerprint density at radius 1 is 1.22 bits per heavy atom. The van der Waals surface area contributed by atoms with E-state index in [9.17, 15) is 18.0 Å². The molecule has 0 saturated carbocycles. The molecule has 3 rings (SSSR count). The van der Waals surface area contributed by atoms with Crippen LogP contribution in [0.1, 0.15) is 24.6 Å². The Bertz CT molecular complexity index is 871. The lowest BCUT2D eigenvalue weighted by atomic mass is 10.1. The molecule has 1 amide bonds. The number of carbonyl (C=O) groups excluding carboxylic acids is 1. The summed E-state index contributed by atoms with van der Waals surface area (Å²) in [4.78, 5) is 25.6. The zero-order valence-corrected chi connectivity index (χ0v) is 18.0. The molecule has 8 nitrogen and oxygen atoms in total. The second-order valence-corrected chi connectivity index (χ2v) is 7.50. The van der Waals surface area contributed by atoms with Crippen molar-refractivity contribution < 1.29 is 32.6 Å². The summed E-state index contributed by atoms with van der Waals surface area (Å²) in [6.07, 6.45) is -1.89. The summed E-state index contributed by atoms with van der Waals surface area (Å²) in [7, 11) is 4.13. The van der Waals surface area contributed by atoms with E-state index < -0.39 is 12.1 Å². The second kappa shape index (κ2) is 11.5. The van der Waals surface area contributed by atoms with Gasteiger partial charge in [0.2, 0.25) is 5.91 Å². The SMILES string of the molecule is CN(C)CCC1CN(C(=O)CCOc2ccccc2)Cc2ccnn21.O=C(O)C(F)(F)F. The first-order valence-electron chi connectivity index (χ1n) is 10.0. The van der Waals surface area contributed by atoms with E-state index in [2.05, 4.69) is 28.8 Å². The van der Waals surface area contributed by atoms with E-state index in [1.54, 1.807) is 0 Å². The lowest BCUT2D eigenvalue weighted by Crippen LogP contribution is -2.42. The van der Waals surface area contributed by atoms with E-state index in [4.69, 9.17) is 14.6 Å². The number of nitrogens with zero attached hydrogens (tertiary/aromatic N) is 4. The van der Waals surface area contributed by atoms with Gasteiger partial charge in [-0.25, -0.2) is 4.79 Å². The molecule has 32 heavy (non-hydrogen) atoms. The number of hydrogen-bond donors (Lipinski definition) is 1. The van der Waals surface area contributed by atoms with E-state index >= 15 is 0 Å². The molecular formula is C21H27F3N4O4. The fourth-order valence-corrected chi connectivity index (χ4v) is 3.13. The number of aliphatic carboxylic acids is 1. The molecular weight excluding hydrogens is 429 g/mol. The van der Waals surface area contributed by atoms with Crippen molar-refractivity contribution in [1.82, 2.24) is 19.6 Å². The van der Waals surface area contributed by atoms with Crippen LogP contribution >= 0.6 is 0 Å². The first kappa shape index (κ1) is 25.2. The minimum Gasteiger partial charge on any atom is -0.493 e. The molecule has 1 aliphatic heterocycles. The van der Waals surface area contributed by atoms with Crippen molar-refractivity contribution in [2.24, 2.45) is 0 Å². The highest BCUT2D eigenvalue weighted by molar-refractivity contribution is 5.76. The van der Waals surface area contributed by atoms with Gasteiger partial charge in [-0.1, -0.05) is 18.2 Å². The number of ether oxygens (including phenoxy) is 1. The average Bonchev–Trinajstić information content (AvgIpc) is 3.21. The maximum Gasteiger partial charge on any atom is 0.490 e. The quantitative estimate of drug-likeness (QED) is 0.690. The van der Waals surface area contributed by atoms with Gasteiger partial charge in [-0.15, -0.1) is 0 Å². The summed E-state index contributed by atoms with van der Waals surface area (Å²) in [5.41, 5.74) is 1.10. The molecule has 1 N–H and O–H groups in total. The zero-order valence-electron chi connectivity index (χ0n) is 18.0. The number of fused-ring (bicyclic) bond motifs is 1. The minimum atomic E-state index is -5.08. The Balaban J connectivity index is 0.000000451. The fourth-order valence-electron chi connectivity index (χ4n) is 3.13. The van der Waals surface area contributed by atoms with Crippen LogP contribution in [0.2, 0.25) is 0 Å². The summed E-state index contributed by atoms with van der Waals surface area (Å²) in [5.74, 6) is -1.82. The first-order valence-corrected chi connectivity index (χ1v) is 10.0. The molecule has 1 aromatic heterocycles. The van der Waals surface area contributed by atoms with E-state index in [-0.39, 0.29) is 11.9 Å². The molecule has 1 aliphatic rings. The highest BCUT2D eigenvalue weighted by Crippen LogP contribution is 2.23. The van der Waals surface area contributed by atoms with Crippen LogP contribution in [0.25, 0.3) is 0 Å². The Hall–Kier alpha value is -3.08. The molecule has 0 fully saturated rings. The number of rotatable bonds is 7. The number of halogens is 3. The van der Waals surface area contributed by atoms with E-state index in [1.165, 1.54) is 0 Å². The lowest BCUT2D eigenvalue weighted by molar-refractivity contribution is -0.192. The largest absolute Gasteiger partial charge is 0.493 e. The molecule has 11 heteroatoms. The summed E-state index contributed by atoms with van der Waals surface area (Å²) in [6.45, 7) is 2.72. The second-order valence-electron chi connectivity index (χ2n) is 7.50. The number of carboxylic acids is 1. The molecule has 0 spiro atoms. The van der Waals surface area contributed by atoms with Crippen molar-refractivity contribution in [2.75, 3.05) is 33.8 Å². The topological polar surface area (TPSA) is 87.9 Å². The van der Waals surface area contributed by atoms with Gasteiger partial charge in [0, 0.05) is 12.7 Å². The van der Waals surface area contributed by atoms with E-state index in [0.29, 0.717) is 26.1 Å². The van der Waals surface area contributed by atoms with Crippen LogP contribution in [0.5, 0.6) is 5.75 Å². The van der Waals surface area contributed by atoms with Crippen molar-refractivity contribution >= 4 is 11.9 Å². The van der Waals surface area contributed by atoms with Gasteiger partial charge in [-0.2, -0.15) is 18.3 Å². The highest BCUT2D eigenvalue weighted by atomic mass is 19.4. The molecule has 0 radical (unpaired) electrons. The number of carboxylic acid groups (broad SMARTS) is 1. The number of para-hydroxylation sites is 1. The van der Waals surface area contributed by atoms with Gasteiger partial charge in [0.15, 0.2) is 0 Å². The van der Waals surface area contributed by atoms with Crippen LogP contribution in [0.4, 0.5) is 13.2 Å².